The molecule has 2 heteroatoms. The fourth-order valence-electron chi connectivity index (χ4n) is 1.33. The summed E-state index contributed by atoms with van der Waals surface area (Å²) >= 11 is 2.53. The summed E-state index contributed by atoms with van der Waals surface area (Å²) in [5.74, 6) is 0. The molecular formula is C13H13OS. The Morgan fingerprint density at radius 2 is 1.33 bits per heavy atom. The SMILES string of the molecule is Cc1ccc(-c2cc[c]cc2)cc1.OS. The minimum Gasteiger partial charge on any atom is -0.333 e. The number of hydrogen-bond acceptors (Lipinski definition) is 2. The van der Waals surface area contributed by atoms with Gasteiger partial charge in [-0.15, -0.1) is 0 Å². The van der Waals surface area contributed by atoms with E-state index in [4.69, 9.17) is 4.55 Å². The van der Waals surface area contributed by atoms with Crippen molar-refractivity contribution in [1.82, 2.24) is 0 Å². The fraction of sp³-hybridized carbons (Fsp3) is 0.0769. The zero-order valence-electron chi connectivity index (χ0n) is 8.51. The van der Waals surface area contributed by atoms with Crippen LogP contribution in [0.3, 0.4) is 0 Å². The summed E-state index contributed by atoms with van der Waals surface area (Å²) in [6.45, 7) is 2.10. The molecular weight excluding hydrogens is 204 g/mol. The molecule has 0 heterocycles. The van der Waals surface area contributed by atoms with E-state index < -0.39 is 0 Å². The predicted molar refractivity (Wildman–Crippen MR) is 67.1 cm³/mol. The zero-order valence-corrected chi connectivity index (χ0v) is 9.41. The van der Waals surface area contributed by atoms with Crippen LogP contribution in [0.15, 0.2) is 48.5 Å². The summed E-state index contributed by atoms with van der Waals surface area (Å²) in [6, 6.07) is 19.6. The second-order valence-electron chi connectivity index (χ2n) is 3.15. The van der Waals surface area contributed by atoms with Gasteiger partial charge >= 0.3 is 0 Å². The Kier molecular flexibility index (Phi) is 4.95. The van der Waals surface area contributed by atoms with Gasteiger partial charge in [-0.25, -0.2) is 0 Å². The van der Waals surface area contributed by atoms with Crippen LogP contribution in [0, 0.1) is 13.0 Å². The topological polar surface area (TPSA) is 20.2 Å². The molecule has 0 aliphatic rings. The van der Waals surface area contributed by atoms with Crippen molar-refractivity contribution in [1.29, 1.82) is 0 Å². The number of benzene rings is 2. The number of rotatable bonds is 1. The van der Waals surface area contributed by atoms with Crippen molar-refractivity contribution in [3.8, 4) is 11.1 Å². The molecule has 0 saturated heterocycles. The van der Waals surface area contributed by atoms with E-state index >= 15 is 0 Å². The minimum absolute atomic E-state index is 1.25. The van der Waals surface area contributed by atoms with Gasteiger partial charge in [0.1, 0.15) is 0 Å². The molecule has 0 fully saturated rings. The van der Waals surface area contributed by atoms with Gasteiger partial charge in [0, 0.05) is 0 Å². The van der Waals surface area contributed by atoms with Crippen LogP contribution in [0.1, 0.15) is 5.56 Å². The summed E-state index contributed by atoms with van der Waals surface area (Å²) in [4.78, 5) is 0. The van der Waals surface area contributed by atoms with Crippen LogP contribution >= 0.6 is 12.9 Å². The smallest absolute Gasteiger partial charge is 0.0184 e. The standard InChI is InChI=1S/C13H11.H2OS/c1-11-7-9-13(10-8-11)12-5-3-2-4-6-12;1-2/h3-10H,1H3;1-2H. The molecule has 0 aliphatic carbocycles. The van der Waals surface area contributed by atoms with E-state index in [1.807, 2.05) is 12.1 Å². The third-order valence-electron chi connectivity index (χ3n) is 2.10. The molecule has 0 atom stereocenters. The minimum atomic E-state index is 1.25. The van der Waals surface area contributed by atoms with Crippen molar-refractivity contribution in [3.05, 3.63) is 60.2 Å². The van der Waals surface area contributed by atoms with Crippen LogP contribution in [0.4, 0.5) is 0 Å². The average molecular weight is 217 g/mol. The quantitative estimate of drug-likeness (QED) is 0.549. The molecule has 2 aromatic carbocycles. The van der Waals surface area contributed by atoms with Gasteiger partial charge in [-0.1, -0.05) is 54.1 Å². The highest BCUT2D eigenvalue weighted by molar-refractivity contribution is 7.74. The lowest BCUT2D eigenvalue weighted by Gasteiger charge is -2.00. The average Bonchev–Trinajstić information content (AvgIpc) is 2.34. The molecule has 1 nitrogen and oxygen atoms in total. The van der Waals surface area contributed by atoms with Gasteiger partial charge < -0.3 is 4.55 Å². The van der Waals surface area contributed by atoms with Crippen LogP contribution in [0.2, 0.25) is 0 Å². The maximum absolute atomic E-state index is 6.69. The third-order valence-corrected chi connectivity index (χ3v) is 2.10. The van der Waals surface area contributed by atoms with E-state index in [-0.39, 0.29) is 0 Å². The molecule has 0 spiro atoms. The first-order valence-corrected chi connectivity index (χ1v) is 4.99. The van der Waals surface area contributed by atoms with Crippen LogP contribution in [0.25, 0.3) is 11.1 Å². The molecule has 77 valence electrons. The van der Waals surface area contributed by atoms with Crippen LogP contribution in [0.5, 0.6) is 0 Å². The molecule has 0 amide bonds. The highest BCUT2D eigenvalue weighted by Crippen LogP contribution is 2.18. The van der Waals surface area contributed by atoms with Gasteiger partial charge in [0.2, 0.25) is 0 Å². The highest BCUT2D eigenvalue weighted by Gasteiger charge is 1.93. The Hall–Kier alpha value is -1.25. The van der Waals surface area contributed by atoms with Crippen LogP contribution in [-0.4, -0.2) is 4.55 Å². The van der Waals surface area contributed by atoms with Crippen molar-refractivity contribution in [2.24, 2.45) is 0 Å². The fourth-order valence-corrected chi connectivity index (χ4v) is 1.33. The molecule has 15 heavy (non-hydrogen) atoms. The maximum Gasteiger partial charge on any atom is -0.0184 e. The summed E-state index contributed by atoms with van der Waals surface area (Å²) < 4.78 is 6.69. The third kappa shape index (κ3) is 3.42. The monoisotopic (exact) mass is 217 g/mol. The van der Waals surface area contributed by atoms with E-state index in [1.165, 1.54) is 16.7 Å². The number of hydrogen-bond donors (Lipinski definition) is 2. The normalized spacial score (nSPS) is 9.00. The van der Waals surface area contributed by atoms with E-state index in [1.54, 1.807) is 0 Å². The lowest BCUT2D eigenvalue weighted by atomic mass is 10.0. The molecule has 0 saturated carbocycles. The van der Waals surface area contributed by atoms with E-state index in [0.29, 0.717) is 0 Å². The Labute approximate surface area is 96.0 Å². The largest absolute Gasteiger partial charge is 0.333 e. The number of aryl methyl sites for hydroxylation is 1. The van der Waals surface area contributed by atoms with Gasteiger partial charge in [0.25, 0.3) is 0 Å². The van der Waals surface area contributed by atoms with Gasteiger partial charge in [0.15, 0.2) is 0 Å². The van der Waals surface area contributed by atoms with Crippen molar-refractivity contribution >= 4 is 12.9 Å². The first-order chi connectivity index (χ1) is 7.36. The van der Waals surface area contributed by atoms with Crippen molar-refractivity contribution in [2.45, 2.75) is 6.92 Å². The molecule has 0 aliphatic heterocycles. The Morgan fingerprint density at radius 1 is 0.867 bits per heavy atom. The summed E-state index contributed by atoms with van der Waals surface area (Å²) in [7, 11) is 0. The van der Waals surface area contributed by atoms with Gasteiger partial charge in [-0.3, -0.25) is 0 Å². The van der Waals surface area contributed by atoms with Crippen LogP contribution < -0.4 is 0 Å². The second-order valence-corrected chi connectivity index (χ2v) is 3.15. The van der Waals surface area contributed by atoms with Gasteiger partial charge in [-0.05, 0) is 37.0 Å². The summed E-state index contributed by atoms with van der Waals surface area (Å²) in [5, 5.41) is 0. The maximum atomic E-state index is 6.69. The predicted octanol–water partition coefficient (Wildman–Crippen LogP) is 3.85. The lowest BCUT2D eigenvalue weighted by molar-refractivity contribution is 0.679. The van der Waals surface area contributed by atoms with Crippen LogP contribution in [-0.2, 0) is 0 Å². The van der Waals surface area contributed by atoms with E-state index in [0.717, 1.165) is 0 Å². The summed E-state index contributed by atoms with van der Waals surface area (Å²) in [5.41, 5.74) is 3.81. The number of thiol groups is 1. The second kappa shape index (κ2) is 6.27. The molecule has 1 N–H and O–H groups in total. The highest BCUT2D eigenvalue weighted by atomic mass is 32.1. The van der Waals surface area contributed by atoms with Crippen molar-refractivity contribution < 1.29 is 4.55 Å². The lowest BCUT2D eigenvalue weighted by Crippen LogP contribution is -1.76. The molecule has 1 radical (unpaired) electrons. The Balaban J connectivity index is 0.000000531. The molecule has 0 bridgehead atoms. The van der Waals surface area contributed by atoms with Crippen molar-refractivity contribution in [2.75, 3.05) is 0 Å². The van der Waals surface area contributed by atoms with Gasteiger partial charge in [-0.2, -0.15) is 0 Å². The molecule has 0 unspecified atom stereocenters. The van der Waals surface area contributed by atoms with Crippen molar-refractivity contribution in [3.63, 3.8) is 0 Å². The van der Waals surface area contributed by atoms with Gasteiger partial charge in [0.05, 0.1) is 0 Å². The van der Waals surface area contributed by atoms with E-state index in [9.17, 15) is 0 Å². The molecule has 2 aromatic rings. The Morgan fingerprint density at radius 3 is 1.87 bits per heavy atom. The molecule has 2 rings (SSSR count). The van der Waals surface area contributed by atoms with E-state index in [2.05, 4.69) is 62.3 Å². The Bertz CT molecular complexity index is 381. The first kappa shape index (κ1) is 11.8. The zero-order chi connectivity index (χ0) is 11.1. The molecule has 0 aromatic heterocycles. The first-order valence-electron chi connectivity index (χ1n) is 4.59. The summed E-state index contributed by atoms with van der Waals surface area (Å²) in [6.07, 6.45) is 0.